The van der Waals surface area contributed by atoms with Gasteiger partial charge in [-0.05, 0) is 43.9 Å². The van der Waals surface area contributed by atoms with Crippen LogP contribution in [0, 0.1) is 5.92 Å². The number of nitrogens with one attached hydrogen (secondary N) is 1. The minimum atomic E-state index is -0.00762. The van der Waals surface area contributed by atoms with E-state index in [1.165, 1.54) is 0 Å². The smallest absolute Gasteiger partial charge is 0.228 e. The Hall–Kier alpha value is -2.56. The summed E-state index contributed by atoms with van der Waals surface area (Å²) < 4.78 is 11.5. The molecule has 1 saturated carbocycles. The highest BCUT2D eigenvalue weighted by Crippen LogP contribution is 2.48. The Morgan fingerprint density at radius 3 is 3.08 bits per heavy atom. The van der Waals surface area contributed by atoms with E-state index in [1.807, 2.05) is 44.3 Å². The molecular formula is C20H22N2O3. The van der Waals surface area contributed by atoms with E-state index in [0.29, 0.717) is 18.0 Å². The van der Waals surface area contributed by atoms with Crippen LogP contribution in [0.4, 0.5) is 5.69 Å². The Morgan fingerprint density at radius 1 is 1.44 bits per heavy atom. The highest BCUT2D eigenvalue weighted by atomic mass is 16.5. The fraction of sp³-hybridized carbons (Fsp3) is 0.400. The predicted molar refractivity (Wildman–Crippen MR) is 95.1 cm³/mol. The summed E-state index contributed by atoms with van der Waals surface area (Å²) in [5.41, 5.74) is 2.95. The summed E-state index contributed by atoms with van der Waals surface area (Å²) in [5.74, 6) is 1.83. The molecule has 0 bridgehead atoms. The van der Waals surface area contributed by atoms with Gasteiger partial charge < -0.3 is 14.8 Å². The molecule has 130 valence electrons. The molecule has 0 unspecified atom stereocenters. The van der Waals surface area contributed by atoms with Crippen LogP contribution < -0.4 is 14.8 Å². The van der Waals surface area contributed by atoms with Gasteiger partial charge in [-0.2, -0.15) is 0 Å². The number of hydrogen-bond donors (Lipinski definition) is 1. The average Bonchev–Trinajstić information content (AvgIpc) is 3.33. The summed E-state index contributed by atoms with van der Waals surface area (Å²) in [7, 11) is 0. The molecule has 25 heavy (non-hydrogen) atoms. The molecular weight excluding hydrogens is 316 g/mol. The molecule has 1 N–H and O–H groups in total. The van der Waals surface area contributed by atoms with Gasteiger partial charge in [0.15, 0.2) is 0 Å². The zero-order valence-electron chi connectivity index (χ0n) is 14.5. The lowest BCUT2D eigenvalue weighted by Gasteiger charge is -2.13. The molecule has 3 atom stereocenters. The number of carbonyl (C=O) groups excluding carboxylic acids is 1. The van der Waals surface area contributed by atoms with Gasteiger partial charge in [-0.15, -0.1) is 0 Å². The molecule has 4 rings (SSSR count). The van der Waals surface area contributed by atoms with E-state index < -0.39 is 0 Å². The Morgan fingerprint density at radius 2 is 2.32 bits per heavy atom. The SMILES string of the molecule is CCOc1cc2c(cc1NC(=O)[C@@H]1C[C@@H]1c1cccnc1)O[C@H](C)C2. The summed E-state index contributed by atoms with van der Waals surface area (Å²) in [6.07, 6.45) is 5.48. The van der Waals surface area contributed by atoms with Crippen molar-refractivity contribution in [2.45, 2.75) is 38.7 Å². The Bertz CT molecular complexity index is 791. The van der Waals surface area contributed by atoms with E-state index in [-0.39, 0.29) is 23.8 Å². The number of anilines is 1. The van der Waals surface area contributed by atoms with Gasteiger partial charge in [0.05, 0.1) is 12.3 Å². The maximum Gasteiger partial charge on any atom is 0.228 e. The van der Waals surface area contributed by atoms with Crippen molar-refractivity contribution in [1.29, 1.82) is 0 Å². The number of hydrogen-bond acceptors (Lipinski definition) is 4. The van der Waals surface area contributed by atoms with Crippen LogP contribution in [0.1, 0.15) is 37.3 Å². The third-order valence-corrected chi connectivity index (χ3v) is 4.80. The van der Waals surface area contributed by atoms with Gasteiger partial charge in [-0.25, -0.2) is 0 Å². The summed E-state index contributed by atoms with van der Waals surface area (Å²) in [5, 5.41) is 3.04. The highest BCUT2D eigenvalue weighted by Gasteiger charge is 2.44. The Kier molecular flexibility index (Phi) is 4.07. The van der Waals surface area contributed by atoms with Crippen LogP contribution in [0.3, 0.4) is 0 Å². The number of rotatable bonds is 5. The van der Waals surface area contributed by atoms with Gasteiger partial charge >= 0.3 is 0 Å². The van der Waals surface area contributed by atoms with Gasteiger partial charge in [0.1, 0.15) is 17.6 Å². The number of amides is 1. The van der Waals surface area contributed by atoms with Gasteiger partial charge in [-0.3, -0.25) is 9.78 Å². The van der Waals surface area contributed by atoms with Crippen molar-refractivity contribution < 1.29 is 14.3 Å². The van der Waals surface area contributed by atoms with Crippen molar-refractivity contribution in [3.8, 4) is 11.5 Å². The lowest BCUT2D eigenvalue weighted by molar-refractivity contribution is -0.117. The standard InChI is InChI=1S/C20H22N2O3/c1-3-24-19-8-14-7-12(2)25-18(14)10-17(19)22-20(23)16-9-15(16)13-5-4-6-21-11-13/h4-6,8,10-12,15-16H,3,7,9H2,1-2H3,(H,22,23)/t12-,15-,16-/m1/s1. The maximum absolute atomic E-state index is 12.7. The van der Waals surface area contributed by atoms with Crippen LogP contribution in [0.2, 0.25) is 0 Å². The van der Waals surface area contributed by atoms with Gasteiger partial charge in [-0.1, -0.05) is 6.07 Å². The number of ether oxygens (including phenoxy) is 2. The van der Waals surface area contributed by atoms with Crippen LogP contribution in [-0.4, -0.2) is 23.6 Å². The fourth-order valence-electron chi connectivity index (χ4n) is 3.49. The van der Waals surface area contributed by atoms with Crippen molar-refractivity contribution in [1.82, 2.24) is 4.98 Å². The van der Waals surface area contributed by atoms with Gasteiger partial charge in [0, 0.05) is 36.4 Å². The van der Waals surface area contributed by atoms with Gasteiger partial charge in [0.25, 0.3) is 0 Å². The van der Waals surface area contributed by atoms with Crippen LogP contribution in [0.25, 0.3) is 0 Å². The number of pyridine rings is 1. The molecule has 2 heterocycles. The molecule has 2 aliphatic rings. The van der Waals surface area contributed by atoms with Crippen LogP contribution >= 0.6 is 0 Å². The second kappa shape index (κ2) is 6.39. The molecule has 1 aromatic heterocycles. The fourth-order valence-corrected chi connectivity index (χ4v) is 3.49. The zero-order chi connectivity index (χ0) is 17.4. The normalized spacial score (nSPS) is 23.5. The molecule has 5 heteroatoms. The first-order valence-corrected chi connectivity index (χ1v) is 8.83. The highest BCUT2D eigenvalue weighted by molar-refractivity contribution is 5.96. The molecule has 1 aliphatic carbocycles. The van der Waals surface area contributed by atoms with E-state index in [4.69, 9.17) is 9.47 Å². The molecule has 1 fully saturated rings. The van der Waals surface area contributed by atoms with Crippen LogP contribution in [-0.2, 0) is 11.2 Å². The van der Waals surface area contributed by atoms with Crippen molar-refractivity contribution in [2.75, 3.05) is 11.9 Å². The number of nitrogens with zero attached hydrogens (tertiary/aromatic N) is 1. The molecule has 1 amide bonds. The molecule has 1 aliphatic heterocycles. The van der Waals surface area contributed by atoms with Crippen molar-refractivity contribution in [3.63, 3.8) is 0 Å². The van der Waals surface area contributed by atoms with Crippen molar-refractivity contribution in [3.05, 3.63) is 47.8 Å². The second-order valence-electron chi connectivity index (χ2n) is 6.75. The van der Waals surface area contributed by atoms with E-state index in [0.717, 1.165) is 29.7 Å². The second-order valence-corrected chi connectivity index (χ2v) is 6.75. The minimum absolute atomic E-state index is 0.00762. The topological polar surface area (TPSA) is 60.5 Å². The van der Waals surface area contributed by atoms with Crippen LogP contribution in [0.15, 0.2) is 36.7 Å². The number of fused-ring (bicyclic) bond motifs is 1. The monoisotopic (exact) mass is 338 g/mol. The third kappa shape index (κ3) is 3.18. The summed E-state index contributed by atoms with van der Waals surface area (Å²) in [4.78, 5) is 16.8. The molecule has 1 aromatic carbocycles. The third-order valence-electron chi connectivity index (χ3n) is 4.80. The van der Waals surface area contributed by atoms with Gasteiger partial charge in [0.2, 0.25) is 5.91 Å². The summed E-state index contributed by atoms with van der Waals surface area (Å²) >= 11 is 0. The van der Waals surface area contributed by atoms with E-state index in [9.17, 15) is 4.79 Å². The zero-order valence-corrected chi connectivity index (χ0v) is 14.5. The summed E-state index contributed by atoms with van der Waals surface area (Å²) in [6.45, 7) is 4.54. The van der Waals surface area contributed by atoms with Crippen LogP contribution in [0.5, 0.6) is 11.5 Å². The lowest BCUT2D eigenvalue weighted by Crippen LogP contribution is -2.15. The summed E-state index contributed by atoms with van der Waals surface area (Å²) in [6, 6.07) is 7.82. The Labute approximate surface area is 147 Å². The lowest BCUT2D eigenvalue weighted by atomic mass is 10.1. The van der Waals surface area contributed by atoms with E-state index >= 15 is 0 Å². The molecule has 0 spiro atoms. The minimum Gasteiger partial charge on any atom is -0.492 e. The first kappa shape index (κ1) is 15.9. The first-order chi connectivity index (χ1) is 12.2. The first-order valence-electron chi connectivity index (χ1n) is 8.83. The number of aromatic nitrogens is 1. The Balaban J connectivity index is 1.51. The molecule has 5 nitrogen and oxygen atoms in total. The number of benzene rings is 1. The van der Waals surface area contributed by atoms with Crippen molar-refractivity contribution >= 4 is 11.6 Å². The average molecular weight is 338 g/mol. The van der Waals surface area contributed by atoms with E-state index in [1.54, 1.807) is 6.20 Å². The molecule has 0 saturated heterocycles. The van der Waals surface area contributed by atoms with Crippen molar-refractivity contribution in [2.24, 2.45) is 5.92 Å². The maximum atomic E-state index is 12.7. The predicted octanol–water partition coefficient (Wildman–Crippen LogP) is 3.55. The largest absolute Gasteiger partial charge is 0.492 e. The quantitative estimate of drug-likeness (QED) is 0.906. The number of carbonyl (C=O) groups is 1. The molecule has 0 radical (unpaired) electrons. The van der Waals surface area contributed by atoms with E-state index in [2.05, 4.69) is 10.3 Å². The molecule has 2 aromatic rings.